The number of hydrogen-bond donors (Lipinski definition) is 0. The summed E-state index contributed by atoms with van der Waals surface area (Å²) in [7, 11) is 0. The molecule has 0 aliphatic heterocycles. The van der Waals surface area contributed by atoms with E-state index in [2.05, 4.69) is 0 Å². The first-order valence-corrected chi connectivity index (χ1v) is 2.93. The maximum absolute atomic E-state index is 1.62. The SMILES string of the molecule is C1CC23CC2C13. The van der Waals surface area contributed by atoms with Crippen molar-refractivity contribution in [1.29, 1.82) is 0 Å². The van der Waals surface area contributed by atoms with Crippen LogP contribution in [-0.2, 0) is 0 Å². The van der Waals surface area contributed by atoms with E-state index in [1.54, 1.807) is 19.3 Å². The van der Waals surface area contributed by atoms with Gasteiger partial charge in [-0.2, -0.15) is 0 Å². The third-order valence-corrected chi connectivity index (χ3v) is 3.21. The Morgan fingerprint density at radius 2 is 2.17 bits per heavy atom. The third-order valence-electron chi connectivity index (χ3n) is 3.21. The van der Waals surface area contributed by atoms with Gasteiger partial charge in [-0.05, 0) is 36.5 Å². The molecule has 6 heavy (non-hydrogen) atoms. The van der Waals surface area contributed by atoms with Gasteiger partial charge in [-0.1, -0.05) is 0 Å². The van der Waals surface area contributed by atoms with E-state index in [1.165, 1.54) is 11.8 Å². The minimum atomic E-state index is 1.06. The minimum Gasteiger partial charge on any atom is -0.0491 e. The van der Waals surface area contributed by atoms with E-state index in [0.717, 1.165) is 5.41 Å². The molecule has 0 bridgehead atoms. The van der Waals surface area contributed by atoms with Gasteiger partial charge in [-0.3, -0.25) is 0 Å². The molecule has 3 unspecified atom stereocenters. The second kappa shape index (κ2) is 0.356. The second-order valence-electron chi connectivity index (χ2n) is 3.19. The number of hydrogen-bond acceptors (Lipinski definition) is 0. The summed E-state index contributed by atoms with van der Waals surface area (Å²) >= 11 is 0. The molecule has 0 saturated heterocycles. The molecule has 32 valence electrons. The summed E-state index contributed by atoms with van der Waals surface area (Å²) < 4.78 is 0. The van der Waals surface area contributed by atoms with E-state index in [4.69, 9.17) is 0 Å². The van der Waals surface area contributed by atoms with Gasteiger partial charge in [-0.15, -0.1) is 0 Å². The van der Waals surface area contributed by atoms with Crippen LogP contribution in [0.4, 0.5) is 0 Å². The molecule has 0 amide bonds. The van der Waals surface area contributed by atoms with Crippen LogP contribution in [0, 0.1) is 17.3 Å². The van der Waals surface area contributed by atoms with Crippen molar-refractivity contribution in [2.45, 2.75) is 19.3 Å². The highest BCUT2D eigenvalue weighted by atomic mass is 14.9. The zero-order valence-corrected chi connectivity index (χ0v) is 3.78. The molecule has 0 aromatic carbocycles. The van der Waals surface area contributed by atoms with Gasteiger partial charge in [0.2, 0.25) is 0 Å². The lowest BCUT2D eigenvalue weighted by molar-refractivity contribution is 0.308. The predicted octanol–water partition coefficient (Wildman–Crippen LogP) is 1.42. The molecule has 3 atom stereocenters. The Morgan fingerprint density at radius 3 is 2.17 bits per heavy atom. The molecule has 3 rings (SSSR count). The fourth-order valence-electron chi connectivity index (χ4n) is 2.32. The van der Waals surface area contributed by atoms with Crippen molar-refractivity contribution in [1.82, 2.24) is 0 Å². The van der Waals surface area contributed by atoms with E-state index >= 15 is 0 Å². The van der Waals surface area contributed by atoms with Crippen LogP contribution in [0.5, 0.6) is 0 Å². The lowest BCUT2D eigenvalue weighted by Crippen LogP contribution is -2.09. The first-order valence-electron chi connectivity index (χ1n) is 2.93. The van der Waals surface area contributed by atoms with Crippen LogP contribution in [0.2, 0.25) is 0 Å². The highest BCUT2D eigenvalue weighted by molar-refractivity contribution is 5.31. The summed E-state index contributed by atoms with van der Waals surface area (Å²) in [4.78, 5) is 0. The van der Waals surface area contributed by atoms with Crippen molar-refractivity contribution in [2.75, 3.05) is 0 Å². The van der Waals surface area contributed by atoms with Crippen LogP contribution in [0.15, 0.2) is 0 Å². The lowest BCUT2D eigenvalue weighted by Gasteiger charge is -2.19. The van der Waals surface area contributed by atoms with Crippen LogP contribution in [0.3, 0.4) is 0 Å². The van der Waals surface area contributed by atoms with Crippen molar-refractivity contribution in [2.24, 2.45) is 17.3 Å². The van der Waals surface area contributed by atoms with Gasteiger partial charge in [0.1, 0.15) is 0 Å². The van der Waals surface area contributed by atoms with Gasteiger partial charge in [0.25, 0.3) is 0 Å². The summed E-state index contributed by atoms with van der Waals surface area (Å²) in [6.45, 7) is 0. The molecule has 3 aliphatic carbocycles. The zero-order chi connectivity index (χ0) is 3.78. The molecule has 0 aromatic rings. The van der Waals surface area contributed by atoms with Gasteiger partial charge < -0.3 is 0 Å². The quantitative estimate of drug-likeness (QED) is 0.412. The van der Waals surface area contributed by atoms with Crippen LogP contribution < -0.4 is 0 Å². The largest absolute Gasteiger partial charge is 0.0491 e. The van der Waals surface area contributed by atoms with Gasteiger partial charge in [0, 0.05) is 0 Å². The van der Waals surface area contributed by atoms with Crippen molar-refractivity contribution >= 4 is 0 Å². The first kappa shape index (κ1) is 2.34. The normalized spacial score (nSPS) is 80.0. The molecule has 0 heterocycles. The van der Waals surface area contributed by atoms with Crippen LogP contribution in [0.25, 0.3) is 0 Å². The van der Waals surface area contributed by atoms with Crippen LogP contribution >= 0.6 is 0 Å². The first-order chi connectivity index (χ1) is 2.93. The molecule has 3 saturated carbocycles. The maximum atomic E-state index is 1.62. The molecule has 0 N–H and O–H groups in total. The van der Waals surface area contributed by atoms with E-state index in [1.807, 2.05) is 0 Å². The molecule has 0 heteroatoms. The van der Waals surface area contributed by atoms with E-state index in [-0.39, 0.29) is 0 Å². The average Bonchev–Trinajstić information content (AvgIpc) is 2.22. The van der Waals surface area contributed by atoms with Gasteiger partial charge in [-0.25, -0.2) is 0 Å². The summed E-state index contributed by atoms with van der Waals surface area (Å²) in [6.07, 6.45) is 4.81. The van der Waals surface area contributed by atoms with E-state index < -0.39 is 0 Å². The second-order valence-corrected chi connectivity index (χ2v) is 3.19. The van der Waals surface area contributed by atoms with Crippen LogP contribution in [-0.4, -0.2) is 0 Å². The van der Waals surface area contributed by atoms with Crippen molar-refractivity contribution < 1.29 is 0 Å². The summed E-state index contributed by atoms with van der Waals surface area (Å²) in [5.41, 5.74) is 1.06. The summed E-state index contributed by atoms with van der Waals surface area (Å²) in [6, 6.07) is 0. The Morgan fingerprint density at radius 1 is 1.33 bits per heavy atom. The maximum Gasteiger partial charge on any atom is -0.0232 e. The molecule has 3 aliphatic rings. The molecular weight excluding hydrogens is 72.1 g/mol. The third kappa shape index (κ3) is 0.0681. The Kier molecular flexibility index (Phi) is 0.139. The smallest absolute Gasteiger partial charge is 0.0232 e. The molecular formula is C6H8. The molecule has 0 radical (unpaired) electrons. The average molecular weight is 80.1 g/mol. The standard InChI is InChI=1S/C6H8/c1-2-6-3-5(6)4(1)6/h4-5H,1-3H2. The number of fused-ring (bicyclic) bond motifs is 1. The van der Waals surface area contributed by atoms with Crippen molar-refractivity contribution in [3.05, 3.63) is 0 Å². The van der Waals surface area contributed by atoms with Crippen LogP contribution in [0.1, 0.15) is 19.3 Å². The molecule has 0 nitrogen and oxygen atoms in total. The monoisotopic (exact) mass is 80.1 g/mol. The van der Waals surface area contributed by atoms with Crippen molar-refractivity contribution in [3.63, 3.8) is 0 Å². The van der Waals surface area contributed by atoms with Gasteiger partial charge in [0.05, 0.1) is 0 Å². The molecule has 3 fully saturated rings. The molecule has 1 spiro atoms. The summed E-state index contributed by atoms with van der Waals surface area (Å²) in [5.74, 6) is 2.55. The Bertz CT molecular complexity index is 107. The number of rotatable bonds is 0. The summed E-state index contributed by atoms with van der Waals surface area (Å²) in [5, 5.41) is 0. The topological polar surface area (TPSA) is 0 Å². The Hall–Kier alpha value is 0. The van der Waals surface area contributed by atoms with Crippen molar-refractivity contribution in [3.8, 4) is 0 Å². The van der Waals surface area contributed by atoms with E-state index in [9.17, 15) is 0 Å². The van der Waals surface area contributed by atoms with Gasteiger partial charge in [0.15, 0.2) is 0 Å². The highest BCUT2D eigenvalue weighted by Crippen LogP contribution is 2.90. The Labute approximate surface area is 37.5 Å². The fourth-order valence-corrected chi connectivity index (χ4v) is 2.32. The predicted molar refractivity (Wildman–Crippen MR) is 23.3 cm³/mol. The minimum absolute atomic E-state index is 1.06. The highest BCUT2D eigenvalue weighted by Gasteiger charge is 2.82. The lowest BCUT2D eigenvalue weighted by atomic mass is 9.85. The van der Waals surface area contributed by atoms with E-state index in [0.29, 0.717) is 0 Å². The Balaban J connectivity index is 2.20. The van der Waals surface area contributed by atoms with Gasteiger partial charge >= 0.3 is 0 Å². The fraction of sp³-hybridized carbons (Fsp3) is 1.00. The molecule has 0 aromatic heterocycles. The zero-order valence-electron chi connectivity index (χ0n) is 3.78.